The van der Waals surface area contributed by atoms with Gasteiger partial charge >= 0.3 is 6.18 Å². The third-order valence-electron chi connectivity index (χ3n) is 4.29. The van der Waals surface area contributed by atoms with Crippen LogP contribution >= 0.6 is 0 Å². The molecule has 152 valence electrons. The van der Waals surface area contributed by atoms with Gasteiger partial charge in [0.1, 0.15) is 0 Å². The number of rotatable bonds is 4. The topological polar surface area (TPSA) is 83.6 Å². The number of nitrogens with zero attached hydrogens (tertiary/aromatic N) is 1. The molecule has 0 saturated carbocycles. The van der Waals surface area contributed by atoms with Gasteiger partial charge in [-0.1, -0.05) is 12.1 Å². The predicted molar refractivity (Wildman–Crippen MR) is 99.2 cm³/mol. The summed E-state index contributed by atoms with van der Waals surface area (Å²) in [6.45, 7) is 0.273. The Labute approximate surface area is 161 Å². The predicted octanol–water partition coefficient (Wildman–Crippen LogP) is 3.22. The van der Waals surface area contributed by atoms with Crippen molar-refractivity contribution in [1.29, 1.82) is 0 Å². The number of fused-ring (bicyclic) bond motifs is 1. The zero-order valence-electron chi connectivity index (χ0n) is 14.7. The lowest BCUT2D eigenvalue weighted by Crippen LogP contribution is -2.34. The van der Waals surface area contributed by atoms with E-state index in [2.05, 4.69) is 4.72 Å². The third-order valence-corrected chi connectivity index (χ3v) is 6.84. The van der Waals surface area contributed by atoms with E-state index in [0.717, 1.165) is 30.0 Å². The SMILES string of the molecule is CS(=O)(=O)N1CCCc2ccc(NS(=O)(=O)c3cccc(C(F)(F)F)c3)cc21. The van der Waals surface area contributed by atoms with Crippen LogP contribution in [0.3, 0.4) is 0 Å². The molecule has 0 amide bonds. The van der Waals surface area contributed by atoms with Gasteiger partial charge in [0.2, 0.25) is 10.0 Å². The van der Waals surface area contributed by atoms with E-state index in [9.17, 15) is 30.0 Å². The average Bonchev–Trinajstić information content (AvgIpc) is 2.59. The van der Waals surface area contributed by atoms with E-state index < -0.39 is 36.7 Å². The molecule has 2 aromatic rings. The third kappa shape index (κ3) is 4.25. The molecule has 0 spiro atoms. The summed E-state index contributed by atoms with van der Waals surface area (Å²) in [7, 11) is -7.84. The van der Waals surface area contributed by atoms with E-state index in [4.69, 9.17) is 0 Å². The maximum absolute atomic E-state index is 12.8. The Bertz CT molecular complexity index is 1110. The Kier molecular flexibility index (Phi) is 5.09. The largest absolute Gasteiger partial charge is 0.416 e. The zero-order chi connectivity index (χ0) is 20.7. The molecule has 0 aliphatic carbocycles. The maximum atomic E-state index is 12.8. The molecule has 1 heterocycles. The van der Waals surface area contributed by atoms with Crippen LogP contribution in [-0.2, 0) is 32.6 Å². The Morgan fingerprint density at radius 2 is 1.75 bits per heavy atom. The molecule has 1 N–H and O–H groups in total. The molecule has 0 aromatic heterocycles. The Hall–Kier alpha value is -2.27. The van der Waals surface area contributed by atoms with Gasteiger partial charge in [-0.2, -0.15) is 13.2 Å². The molecular weight excluding hydrogens is 417 g/mol. The normalized spacial score (nSPS) is 15.2. The van der Waals surface area contributed by atoms with Crippen LogP contribution in [0.2, 0.25) is 0 Å². The van der Waals surface area contributed by atoms with Crippen LogP contribution in [0.25, 0.3) is 0 Å². The van der Waals surface area contributed by atoms with Crippen LogP contribution in [0.4, 0.5) is 24.5 Å². The first-order chi connectivity index (χ1) is 12.9. The van der Waals surface area contributed by atoms with E-state index in [-0.39, 0.29) is 12.2 Å². The molecule has 0 saturated heterocycles. The van der Waals surface area contributed by atoms with E-state index in [1.165, 1.54) is 16.4 Å². The number of benzene rings is 2. The van der Waals surface area contributed by atoms with Crippen molar-refractivity contribution in [1.82, 2.24) is 0 Å². The Balaban J connectivity index is 1.96. The van der Waals surface area contributed by atoms with Crippen molar-refractivity contribution in [2.45, 2.75) is 23.9 Å². The van der Waals surface area contributed by atoms with Crippen LogP contribution in [0.1, 0.15) is 17.5 Å². The summed E-state index contributed by atoms with van der Waals surface area (Å²) < 4.78 is 90.9. The minimum atomic E-state index is -4.67. The lowest BCUT2D eigenvalue weighted by atomic mass is 10.0. The number of anilines is 2. The highest BCUT2D eigenvalue weighted by Gasteiger charge is 2.32. The fraction of sp³-hybridized carbons (Fsp3) is 0.294. The summed E-state index contributed by atoms with van der Waals surface area (Å²) in [4.78, 5) is -0.542. The fourth-order valence-corrected chi connectivity index (χ4v) is 5.09. The minimum Gasteiger partial charge on any atom is -0.280 e. The zero-order valence-corrected chi connectivity index (χ0v) is 16.3. The van der Waals surface area contributed by atoms with Crippen molar-refractivity contribution >= 4 is 31.4 Å². The van der Waals surface area contributed by atoms with Gasteiger partial charge in [-0.05, 0) is 48.7 Å². The molecule has 3 rings (SSSR count). The molecule has 0 fully saturated rings. The summed E-state index contributed by atoms with van der Waals surface area (Å²) >= 11 is 0. The standard InChI is InChI=1S/C17H17F3N2O4S2/c1-27(23,24)22-9-3-4-12-7-8-14(11-16(12)22)21-28(25,26)15-6-2-5-13(10-15)17(18,19)20/h2,5-8,10-11,21H,3-4,9H2,1H3. The van der Waals surface area contributed by atoms with E-state index in [0.29, 0.717) is 24.6 Å². The van der Waals surface area contributed by atoms with Gasteiger partial charge in [-0.25, -0.2) is 16.8 Å². The minimum absolute atomic E-state index is 0.0618. The number of nitrogens with one attached hydrogen (secondary N) is 1. The lowest BCUT2D eigenvalue weighted by Gasteiger charge is -2.29. The first kappa shape index (κ1) is 20.5. The molecule has 28 heavy (non-hydrogen) atoms. The van der Waals surface area contributed by atoms with E-state index in [1.54, 1.807) is 6.07 Å². The summed E-state index contributed by atoms with van der Waals surface area (Å²) in [5, 5.41) is 0. The van der Waals surface area contributed by atoms with Gasteiger partial charge in [0.05, 0.1) is 28.1 Å². The van der Waals surface area contributed by atoms with E-state index in [1.807, 2.05) is 0 Å². The average molecular weight is 434 g/mol. The molecule has 6 nitrogen and oxygen atoms in total. The molecule has 1 aliphatic heterocycles. The first-order valence-electron chi connectivity index (χ1n) is 8.19. The van der Waals surface area contributed by atoms with Crippen LogP contribution < -0.4 is 9.03 Å². The summed E-state index contributed by atoms with van der Waals surface area (Å²) in [6.07, 6.45) is -2.34. The maximum Gasteiger partial charge on any atom is 0.416 e. The van der Waals surface area contributed by atoms with Gasteiger partial charge in [-0.3, -0.25) is 9.03 Å². The van der Waals surface area contributed by atoms with Crippen LogP contribution in [0.15, 0.2) is 47.4 Å². The Morgan fingerprint density at radius 3 is 2.39 bits per heavy atom. The molecule has 0 atom stereocenters. The smallest absolute Gasteiger partial charge is 0.280 e. The van der Waals surface area contributed by atoms with Crippen molar-refractivity contribution in [2.24, 2.45) is 0 Å². The number of hydrogen-bond acceptors (Lipinski definition) is 4. The van der Waals surface area contributed by atoms with Gasteiger partial charge in [0, 0.05) is 6.54 Å². The van der Waals surface area contributed by atoms with Gasteiger partial charge in [-0.15, -0.1) is 0 Å². The second-order valence-electron chi connectivity index (χ2n) is 6.41. The highest BCUT2D eigenvalue weighted by molar-refractivity contribution is 7.92. The number of alkyl halides is 3. The molecule has 0 unspecified atom stereocenters. The molecule has 11 heteroatoms. The molecule has 0 bridgehead atoms. The number of sulfonamides is 2. The molecular formula is C17H17F3N2O4S2. The second-order valence-corrected chi connectivity index (χ2v) is 10.0. The second kappa shape index (κ2) is 6.96. The molecule has 2 aromatic carbocycles. The number of hydrogen-bond donors (Lipinski definition) is 1. The highest BCUT2D eigenvalue weighted by Crippen LogP contribution is 2.33. The molecule has 1 aliphatic rings. The van der Waals surface area contributed by atoms with E-state index >= 15 is 0 Å². The number of aryl methyl sites for hydroxylation is 1. The van der Waals surface area contributed by atoms with Crippen molar-refractivity contribution in [3.63, 3.8) is 0 Å². The molecule has 0 radical (unpaired) electrons. The van der Waals surface area contributed by atoms with Crippen LogP contribution in [-0.4, -0.2) is 29.6 Å². The van der Waals surface area contributed by atoms with Crippen molar-refractivity contribution in [2.75, 3.05) is 21.8 Å². The van der Waals surface area contributed by atoms with Crippen molar-refractivity contribution in [3.8, 4) is 0 Å². The number of halogens is 3. The lowest BCUT2D eigenvalue weighted by molar-refractivity contribution is -0.137. The van der Waals surface area contributed by atoms with Crippen molar-refractivity contribution in [3.05, 3.63) is 53.6 Å². The summed E-state index contributed by atoms with van der Waals surface area (Å²) in [5.74, 6) is 0. The quantitative estimate of drug-likeness (QED) is 0.801. The van der Waals surface area contributed by atoms with Gasteiger partial charge in [0.15, 0.2) is 0 Å². The van der Waals surface area contributed by atoms with Crippen molar-refractivity contribution < 1.29 is 30.0 Å². The van der Waals surface area contributed by atoms with Crippen LogP contribution in [0, 0.1) is 0 Å². The monoisotopic (exact) mass is 434 g/mol. The summed E-state index contributed by atoms with van der Waals surface area (Å²) in [5.41, 5.74) is 0.0902. The highest BCUT2D eigenvalue weighted by atomic mass is 32.2. The summed E-state index contributed by atoms with van der Waals surface area (Å²) in [6, 6.07) is 7.83. The fourth-order valence-electron chi connectivity index (χ4n) is 3.00. The van der Waals surface area contributed by atoms with Gasteiger partial charge in [0.25, 0.3) is 10.0 Å². The Morgan fingerprint density at radius 1 is 1.04 bits per heavy atom. The first-order valence-corrected chi connectivity index (χ1v) is 11.5. The van der Waals surface area contributed by atoms with Gasteiger partial charge < -0.3 is 0 Å². The van der Waals surface area contributed by atoms with Crippen LogP contribution in [0.5, 0.6) is 0 Å².